The van der Waals surface area contributed by atoms with Crippen LogP contribution < -0.4 is 15.4 Å². The molecule has 4 rings (SSSR count). The van der Waals surface area contributed by atoms with Gasteiger partial charge in [-0.3, -0.25) is 4.79 Å². The molecule has 2 aliphatic heterocycles. The summed E-state index contributed by atoms with van der Waals surface area (Å²) in [5, 5.41) is 6.60. The standard InChI is InChI=1S/C20H22N2O2S.ClH/c1-25-17-9-14-6-7-24-19(14)18(10-17)20(23)22-12-16-8-13-4-2-3-5-15(13)11-21-16;/h2-5,9-10,16,21H,6-8,11-12H2,1H3,(H,22,23);1H/t16-;/m0./s1. The van der Waals surface area contributed by atoms with Crippen LogP contribution >= 0.6 is 24.2 Å². The van der Waals surface area contributed by atoms with Crippen molar-refractivity contribution in [1.29, 1.82) is 0 Å². The fraction of sp³-hybridized carbons (Fsp3) is 0.350. The molecule has 0 fully saturated rings. The first-order valence-electron chi connectivity index (χ1n) is 8.66. The Hall–Kier alpha value is -1.69. The average Bonchev–Trinajstić information content (AvgIpc) is 3.13. The van der Waals surface area contributed by atoms with Crippen LogP contribution in [0.15, 0.2) is 41.3 Å². The number of carbonyl (C=O) groups excluding carboxylic acids is 1. The maximum atomic E-state index is 12.7. The van der Waals surface area contributed by atoms with E-state index in [1.807, 2.05) is 12.3 Å². The van der Waals surface area contributed by atoms with E-state index in [1.165, 1.54) is 11.1 Å². The molecule has 0 aliphatic carbocycles. The predicted molar refractivity (Wildman–Crippen MR) is 108 cm³/mol. The van der Waals surface area contributed by atoms with Gasteiger partial charge < -0.3 is 15.4 Å². The van der Waals surface area contributed by atoms with E-state index < -0.39 is 0 Å². The average molecular weight is 391 g/mol. The van der Waals surface area contributed by atoms with Crippen molar-refractivity contribution in [3.05, 3.63) is 58.7 Å². The van der Waals surface area contributed by atoms with Crippen molar-refractivity contribution < 1.29 is 9.53 Å². The second kappa shape index (κ2) is 8.33. The van der Waals surface area contributed by atoms with Gasteiger partial charge in [0.05, 0.1) is 12.2 Å². The molecule has 4 nitrogen and oxygen atoms in total. The summed E-state index contributed by atoms with van der Waals surface area (Å²) in [4.78, 5) is 13.8. The van der Waals surface area contributed by atoms with E-state index in [0.29, 0.717) is 18.7 Å². The fourth-order valence-corrected chi connectivity index (χ4v) is 4.04. The Morgan fingerprint density at radius 1 is 1.27 bits per heavy atom. The number of ether oxygens (including phenoxy) is 1. The molecule has 0 aromatic heterocycles. The Bertz CT molecular complexity index is 812. The largest absolute Gasteiger partial charge is 0.492 e. The van der Waals surface area contributed by atoms with Gasteiger partial charge in [0.15, 0.2) is 0 Å². The van der Waals surface area contributed by atoms with Crippen LogP contribution in [0.3, 0.4) is 0 Å². The highest BCUT2D eigenvalue weighted by molar-refractivity contribution is 7.98. The number of hydrogen-bond acceptors (Lipinski definition) is 4. The van der Waals surface area contributed by atoms with Crippen molar-refractivity contribution in [3.8, 4) is 5.75 Å². The van der Waals surface area contributed by atoms with E-state index in [1.54, 1.807) is 11.8 Å². The van der Waals surface area contributed by atoms with Crippen LogP contribution in [0.1, 0.15) is 27.0 Å². The summed E-state index contributed by atoms with van der Waals surface area (Å²) in [7, 11) is 0. The third-order valence-electron chi connectivity index (χ3n) is 4.91. The van der Waals surface area contributed by atoms with Gasteiger partial charge >= 0.3 is 0 Å². The molecule has 2 aromatic carbocycles. The summed E-state index contributed by atoms with van der Waals surface area (Å²) >= 11 is 1.66. The van der Waals surface area contributed by atoms with Gasteiger partial charge in [-0.25, -0.2) is 0 Å². The van der Waals surface area contributed by atoms with E-state index in [4.69, 9.17) is 4.74 Å². The number of thioether (sulfide) groups is 1. The zero-order valence-corrected chi connectivity index (χ0v) is 16.3. The highest BCUT2D eigenvalue weighted by atomic mass is 35.5. The van der Waals surface area contributed by atoms with Crippen LogP contribution in [-0.4, -0.2) is 31.4 Å². The quantitative estimate of drug-likeness (QED) is 0.787. The molecule has 0 bridgehead atoms. The van der Waals surface area contributed by atoms with Crippen LogP contribution in [-0.2, 0) is 19.4 Å². The third-order valence-corrected chi connectivity index (χ3v) is 5.62. The molecule has 2 aromatic rings. The second-order valence-electron chi connectivity index (χ2n) is 6.52. The SMILES string of the molecule is CSc1cc2c(c(C(=O)NC[C@@H]3Cc4ccccc4CN3)c1)OCC2.Cl. The summed E-state index contributed by atoms with van der Waals surface area (Å²) in [6.07, 6.45) is 3.85. The zero-order valence-electron chi connectivity index (χ0n) is 14.7. The van der Waals surface area contributed by atoms with Crippen LogP contribution in [0.5, 0.6) is 5.75 Å². The predicted octanol–water partition coefficient (Wildman–Crippen LogP) is 3.21. The molecule has 0 unspecified atom stereocenters. The summed E-state index contributed by atoms with van der Waals surface area (Å²) in [5.74, 6) is 0.715. The number of rotatable bonds is 4. The molecule has 1 atom stereocenters. The number of benzene rings is 2. The van der Waals surface area contributed by atoms with Gasteiger partial charge in [0.2, 0.25) is 0 Å². The topological polar surface area (TPSA) is 50.4 Å². The molecule has 1 amide bonds. The monoisotopic (exact) mass is 390 g/mol. The minimum atomic E-state index is -0.0466. The summed E-state index contributed by atoms with van der Waals surface area (Å²) in [5.41, 5.74) is 4.52. The van der Waals surface area contributed by atoms with Gasteiger partial charge in [-0.15, -0.1) is 24.2 Å². The first-order valence-corrected chi connectivity index (χ1v) is 9.89. The van der Waals surface area contributed by atoms with E-state index in [-0.39, 0.29) is 24.4 Å². The number of halogens is 1. The van der Waals surface area contributed by atoms with Crippen LogP contribution in [0, 0.1) is 0 Å². The van der Waals surface area contributed by atoms with Crippen LogP contribution in [0.4, 0.5) is 0 Å². The summed E-state index contributed by atoms with van der Waals surface area (Å²) in [6.45, 7) is 2.14. The van der Waals surface area contributed by atoms with Gasteiger partial charge in [-0.2, -0.15) is 0 Å². The van der Waals surface area contributed by atoms with E-state index in [0.717, 1.165) is 35.6 Å². The number of amides is 1. The molecule has 2 heterocycles. The van der Waals surface area contributed by atoms with Gasteiger partial charge in [0, 0.05) is 30.4 Å². The summed E-state index contributed by atoms with van der Waals surface area (Å²) < 4.78 is 5.70. The van der Waals surface area contributed by atoms with E-state index in [9.17, 15) is 4.79 Å². The molecule has 2 aliphatic rings. The Morgan fingerprint density at radius 2 is 2.08 bits per heavy atom. The van der Waals surface area contributed by atoms with E-state index in [2.05, 4.69) is 41.0 Å². The van der Waals surface area contributed by atoms with Gasteiger partial charge in [-0.05, 0) is 41.5 Å². The van der Waals surface area contributed by atoms with Crippen molar-refractivity contribution in [2.45, 2.75) is 30.3 Å². The van der Waals surface area contributed by atoms with Crippen molar-refractivity contribution in [2.75, 3.05) is 19.4 Å². The van der Waals surface area contributed by atoms with E-state index >= 15 is 0 Å². The Balaban J connectivity index is 0.00000196. The van der Waals surface area contributed by atoms with Crippen LogP contribution in [0.25, 0.3) is 0 Å². The molecule has 2 N–H and O–H groups in total. The maximum absolute atomic E-state index is 12.7. The first-order chi connectivity index (χ1) is 12.2. The zero-order chi connectivity index (χ0) is 17.2. The first kappa shape index (κ1) is 19.1. The Morgan fingerprint density at radius 3 is 2.88 bits per heavy atom. The lowest BCUT2D eigenvalue weighted by Crippen LogP contribution is -2.44. The minimum absolute atomic E-state index is 0. The smallest absolute Gasteiger partial charge is 0.255 e. The van der Waals surface area contributed by atoms with Gasteiger partial charge in [0.25, 0.3) is 5.91 Å². The Labute approximate surface area is 164 Å². The maximum Gasteiger partial charge on any atom is 0.255 e. The molecular weight excluding hydrogens is 368 g/mol. The van der Waals surface area contributed by atoms with Crippen molar-refractivity contribution >= 4 is 30.1 Å². The van der Waals surface area contributed by atoms with Crippen LogP contribution in [0.2, 0.25) is 0 Å². The number of carbonyl (C=O) groups is 1. The number of fused-ring (bicyclic) bond motifs is 2. The van der Waals surface area contributed by atoms with Crippen molar-refractivity contribution in [3.63, 3.8) is 0 Å². The Kier molecular flexibility index (Phi) is 6.12. The van der Waals surface area contributed by atoms with Crippen molar-refractivity contribution in [2.24, 2.45) is 0 Å². The molecule has 0 saturated heterocycles. The molecule has 26 heavy (non-hydrogen) atoms. The lowest BCUT2D eigenvalue weighted by Gasteiger charge is -2.26. The lowest BCUT2D eigenvalue weighted by atomic mass is 9.96. The lowest BCUT2D eigenvalue weighted by molar-refractivity contribution is 0.0945. The normalized spacial score (nSPS) is 17.5. The molecule has 0 saturated carbocycles. The third kappa shape index (κ3) is 3.85. The molecule has 6 heteroatoms. The molecule has 0 spiro atoms. The summed E-state index contributed by atoms with van der Waals surface area (Å²) in [6, 6.07) is 12.8. The molecule has 0 radical (unpaired) electrons. The van der Waals surface area contributed by atoms with Crippen molar-refractivity contribution in [1.82, 2.24) is 10.6 Å². The van der Waals surface area contributed by atoms with Gasteiger partial charge in [-0.1, -0.05) is 24.3 Å². The fourth-order valence-electron chi connectivity index (χ4n) is 3.54. The minimum Gasteiger partial charge on any atom is -0.492 e. The molecule has 138 valence electrons. The number of hydrogen-bond donors (Lipinski definition) is 2. The number of nitrogens with one attached hydrogen (secondary N) is 2. The highest BCUT2D eigenvalue weighted by Gasteiger charge is 2.23. The van der Waals surface area contributed by atoms with Gasteiger partial charge in [0.1, 0.15) is 5.75 Å². The second-order valence-corrected chi connectivity index (χ2v) is 7.40. The highest BCUT2D eigenvalue weighted by Crippen LogP contribution is 2.33. The molecular formula is C20H23ClN2O2S.